The van der Waals surface area contributed by atoms with Crippen LogP contribution in [0.3, 0.4) is 0 Å². The summed E-state index contributed by atoms with van der Waals surface area (Å²) in [5, 5.41) is 16.2. The van der Waals surface area contributed by atoms with E-state index in [1.807, 2.05) is 25.0 Å². The van der Waals surface area contributed by atoms with E-state index in [2.05, 4.69) is 12.1 Å². The summed E-state index contributed by atoms with van der Waals surface area (Å²) < 4.78 is 20.5. The number of carbonyl (C=O) groups excluding carboxylic acids is 1. The molecule has 6 heteroatoms. The van der Waals surface area contributed by atoms with E-state index in [0.29, 0.717) is 19.9 Å². The smallest absolute Gasteiger partial charge is 0.156 e. The first-order valence-corrected chi connectivity index (χ1v) is 7.30. The number of alkyl halides is 1. The van der Waals surface area contributed by atoms with Crippen molar-refractivity contribution in [1.82, 2.24) is 0 Å². The van der Waals surface area contributed by atoms with Gasteiger partial charge in [-0.25, -0.2) is 0 Å². The summed E-state index contributed by atoms with van der Waals surface area (Å²) in [5.74, 6) is -1.50. The Morgan fingerprint density at radius 1 is 1.26 bits per heavy atom. The lowest BCUT2D eigenvalue weighted by Gasteiger charge is -2.09. The molecule has 134 valence electrons. The minimum absolute atomic E-state index is 0.332. The number of carbonyl (C=O) groups is 1. The predicted octanol–water partition coefficient (Wildman–Crippen LogP) is 2.49. The molecule has 1 aromatic carbocycles. The van der Waals surface area contributed by atoms with Gasteiger partial charge in [0.15, 0.2) is 5.79 Å². The number of benzene rings is 1. The fourth-order valence-electron chi connectivity index (χ4n) is 1.66. The van der Waals surface area contributed by atoms with Crippen LogP contribution in [-0.4, -0.2) is 49.3 Å². The molecule has 0 spiro atoms. The van der Waals surface area contributed by atoms with Crippen molar-refractivity contribution in [2.45, 2.75) is 45.2 Å². The minimum Gasteiger partial charge on any atom is -0.376 e. The maximum absolute atomic E-state index is 9.50. The Balaban J connectivity index is 0. The summed E-state index contributed by atoms with van der Waals surface area (Å²) in [5.41, 5.74) is 1.23. The topological polar surface area (TPSA) is 76.0 Å². The zero-order valence-corrected chi connectivity index (χ0v) is 14.2. The molecule has 1 atom stereocenters. The first-order chi connectivity index (χ1) is 10.9. The average molecular weight is 332 g/mol. The highest BCUT2D eigenvalue weighted by atomic mass is 19.1. The molecular formula is C17H29FO5. The maximum atomic E-state index is 9.50. The number of halogens is 1. The lowest BCUT2D eigenvalue weighted by atomic mass is 10.2. The van der Waals surface area contributed by atoms with Crippen LogP contribution < -0.4 is 0 Å². The van der Waals surface area contributed by atoms with Crippen LogP contribution in [0.4, 0.5) is 4.39 Å². The van der Waals surface area contributed by atoms with Crippen LogP contribution in [0.5, 0.6) is 0 Å². The van der Waals surface area contributed by atoms with Gasteiger partial charge < -0.3 is 24.5 Å². The summed E-state index contributed by atoms with van der Waals surface area (Å²) in [6.07, 6.45) is 2.66. The molecule has 0 radical (unpaired) electrons. The summed E-state index contributed by atoms with van der Waals surface area (Å²) in [6.45, 7) is 6.93. The lowest BCUT2D eigenvalue weighted by molar-refractivity contribution is -0.127. The minimum atomic E-state index is -1.50. The second-order valence-electron chi connectivity index (χ2n) is 5.13. The summed E-state index contributed by atoms with van der Waals surface area (Å²) in [6, 6.07) is 10.2. The molecule has 1 aliphatic rings. The van der Waals surface area contributed by atoms with Gasteiger partial charge in [0.25, 0.3) is 0 Å². The first kappa shape index (κ1) is 23.9. The van der Waals surface area contributed by atoms with E-state index in [9.17, 15) is 4.39 Å². The molecule has 1 saturated heterocycles. The zero-order chi connectivity index (χ0) is 18.1. The van der Waals surface area contributed by atoms with Crippen molar-refractivity contribution in [3.63, 3.8) is 0 Å². The van der Waals surface area contributed by atoms with Crippen molar-refractivity contribution in [3.8, 4) is 0 Å². The molecule has 1 fully saturated rings. The van der Waals surface area contributed by atoms with Gasteiger partial charge in [-0.2, -0.15) is 0 Å². The van der Waals surface area contributed by atoms with E-state index >= 15 is 0 Å². The molecular weight excluding hydrogens is 303 g/mol. The van der Waals surface area contributed by atoms with Crippen LogP contribution >= 0.6 is 0 Å². The molecule has 0 aliphatic carbocycles. The van der Waals surface area contributed by atoms with Crippen LogP contribution in [0.15, 0.2) is 30.3 Å². The van der Waals surface area contributed by atoms with Crippen molar-refractivity contribution >= 4 is 6.79 Å². The van der Waals surface area contributed by atoms with Crippen molar-refractivity contribution in [2.24, 2.45) is 0 Å². The Bertz CT molecular complexity index is 342. The van der Waals surface area contributed by atoms with Crippen LogP contribution in [0.1, 0.15) is 32.3 Å². The molecule has 1 unspecified atom stereocenters. The van der Waals surface area contributed by atoms with Crippen LogP contribution in [-0.2, 0) is 20.9 Å². The Morgan fingerprint density at radius 2 is 1.78 bits per heavy atom. The molecule has 0 aromatic heterocycles. The largest absolute Gasteiger partial charge is 0.376 e. The van der Waals surface area contributed by atoms with E-state index in [0.717, 1.165) is 19.6 Å². The molecule has 0 saturated carbocycles. The molecule has 0 bridgehead atoms. The van der Waals surface area contributed by atoms with Gasteiger partial charge in [-0.05, 0) is 32.3 Å². The standard InChI is InChI=1S/C12H16O2.C3H8O2.CH3F.CH2O/c1-2-5-11(6-3-1)9-13-10-12-7-4-8-14-12;1-3(2,4)5;2*1-2/h1-3,5-6,12H,4,7-10H2;4-5H,1-2H3;1H3;1H2. The summed E-state index contributed by atoms with van der Waals surface area (Å²) in [7, 11) is 0.500. The third-order valence-electron chi connectivity index (χ3n) is 2.44. The van der Waals surface area contributed by atoms with Gasteiger partial charge >= 0.3 is 0 Å². The van der Waals surface area contributed by atoms with E-state index < -0.39 is 5.79 Å². The van der Waals surface area contributed by atoms with E-state index in [4.69, 9.17) is 24.5 Å². The van der Waals surface area contributed by atoms with Gasteiger partial charge in [0.05, 0.1) is 26.5 Å². The van der Waals surface area contributed by atoms with Crippen molar-refractivity contribution in [1.29, 1.82) is 0 Å². The van der Waals surface area contributed by atoms with Crippen molar-refractivity contribution in [2.75, 3.05) is 20.4 Å². The third-order valence-corrected chi connectivity index (χ3v) is 2.44. The van der Waals surface area contributed by atoms with E-state index in [1.54, 1.807) is 0 Å². The van der Waals surface area contributed by atoms with Gasteiger partial charge in [0.1, 0.15) is 6.79 Å². The Hall–Kier alpha value is -1.34. The first-order valence-electron chi connectivity index (χ1n) is 7.30. The lowest BCUT2D eigenvalue weighted by Crippen LogP contribution is -2.15. The van der Waals surface area contributed by atoms with Gasteiger partial charge in [-0.1, -0.05) is 30.3 Å². The second kappa shape index (κ2) is 15.6. The number of hydrogen-bond donors (Lipinski definition) is 2. The van der Waals surface area contributed by atoms with Gasteiger partial charge in [-0.3, -0.25) is 4.39 Å². The number of rotatable bonds is 4. The van der Waals surface area contributed by atoms with Gasteiger partial charge in [0.2, 0.25) is 0 Å². The highest BCUT2D eigenvalue weighted by Gasteiger charge is 2.14. The van der Waals surface area contributed by atoms with Crippen molar-refractivity contribution < 1.29 is 28.9 Å². The highest BCUT2D eigenvalue weighted by Crippen LogP contribution is 2.12. The second-order valence-corrected chi connectivity index (χ2v) is 5.13. The molecule has 1 aliphatic heterocycles. The fourth-order valence-corrected chi connectivity index (χ4v) is 1.66. The molecule has 0 amide bonds. The Labute approximate surface area is 138 Å². The van der Waals surface area contributed by atoms with E-state index in [1.165, 1.54) is 25.8 Å². The number of ether oxygens (including phenoxy) is 2. The van der Waals surface area contributed by atoms with E-state index in [-0.39, 0.29) is 0 Å². The van der Waals surface area contributed by atoms with Crippen LogP contribution in [0, 0.1) is 0 Å². The quantitative estimate of drug-likeness (QED) is 0.829. The number of hydrogen-bond acceptors (Lipinski definition) is 5. The summed E-state index contributed by atoms with van der Waals surface area (Å²) >= 11 is 0. The monoisotopic (exact) mass is 332 g/mol. The molecule has 2 N–H and O–H groups in total. The molecule has 23 heavy (non-hydrogen) atoms. The molecule has 1 aromatic rings. The SMILES string of the molecule is C=O.CC(C)(O)O.CF.c1ccc(COCC2CCCO2)cc1. The Kier molecular flexibility index (Phi) is 16.2. The van der Waals surface area contributed by atoms with Crippen LogP contribution in [0.25, 0.3) is 0 Å². The predicted molar refractivity (Wildman–Crippen MR) is 87.7 cm³/mol. The van der Waals surface area contributed by atoms with Crippen LogP contribution in [0.2, 0.25) is 0 Å². The summed E-state index contributed by atoms with van der Waals surface area (Å²) in [4.78, 5) is 8.00. The third kappa shape index (κ3) is 18.6. The van der Waals surface area contributed by atoms with Gasteiger partial charge in [-0.15, -0.1) is 0 Å². The van der Waals surface area contributed by atoms with Gasteiger partial charge in [0, 0.05) is 6.61 Å². The average Bonchev–Trinajstić information content (AvgIpc) is 3.04. The number of aliphatic hydroxyl groups is 2. The normalized spacial score (nSPS) is 16.0. The molecule has 1 heterocycles. The maximum Gasteiger partial charge on any atom is 0.156 e. The molecule has 2 rings (SSSR count). The Morgan fingerprint density at radius 3 is 2.22 bits per heavy atom. The fraction of sp³-hybridized carbons (Fsp3) is 0.588. The highest BCUT2D eigenvalue weighted by molar-refractivity contribution is 5.13. The molecule has 5 nitrogen and oxygen atoms in total. The zero-order valence-electron chi connectivity index (χ0n) is 14.2. The van der Waals surface area contributed by atoms with Crippen molar-refractivity contribution in [3.05, 3.63) is 35.9 Å².